The SMILES string of the molecule is Cc1ccc2nc(N(CCCN3CCOCC3)C(=O)c3ccc(S(=O)(=O)N4CCc5ccccc5C4)cc3)sc2c1. The predicted octanol–water partition coefficient (Wildman–Crippen LogP) is 4.72. The molecule has 0 bridgehead atoms. The van der Waals surface area contributed by atoms with Gasteiger partial charge in [0.15, 0.2) is 5.13 Å². The third-order valence-corrected chi connectivity index (χ3v) is 10.7. The smallest absolute Gasteiger partial charge is 0.260 e. The molecule has 6 rings (SSSR count). The number of nitrogens with zero attached hydrogens (tertiary/aromatic N) is 4. The van der Waals surface area contributed by atoms with Gasteiger partial charge >= 0.3 is 0 Å². The molecule has 0 saturated carbocycles. The first kappa shape index (κ1) is 28.0. The van der Waals surface area contributed by atoms with Crippen LogP contribution in [0.25, 0.3) is 10.2 Å². The summed E-state index contributed by atoms with van der Waals surface area (Å²) in [6.07, 6.45) is 1.48. The summed E-state index contributed by atoms with van der Waals surface area (Å²) >= 11 is 1.51. The average Bonchev–Trinajstić information content (AvgIpc) is 3.42. The van der Waals surface area contributed by atoms with Crippen LogP contribution in [0.1, 0.15) is 33.5 Å². The number of carbonyl (C=O) groups excluding carboxylic acids is 1. The van der Waals surface area contributed by atoms with E-state index in [1.54, 1.807) is 29.2 Å². The molecule has 3 aromatic carbocycles. The van der Waals surface area contributed by atoms with Crippen molar-refractivity contribution >= 4 is 42.6 Å². The number of aryl methyl sites for hydroxylation is 1. The fourth-order valence-corrected chi connectivity index (χ4v) is 7.95. The number of aromatic nitrogens is 1. The summed E-state index contributed by atoms with van der Waals surface area (Å²) < 4.78 is 34.9. The van der Waals surface area contributed by atoms with Gasteiger partial charge in [-0.05, 0) is 72.9 Å². The summed E-state index contributed by atoms with van der Waals surface area (Å²) in [5.74, 6) is -0.182. The Morgan fingerprint density at radius 2 is 1.76 bits per heavy atom. The van der Waals surface area contributed by atoms with E-state index in [1.807, 2.05) is 37.3 Å². The van der Waals surface area contributed by atoms with Gasteiger partial charge in [0.25, 0.3) is 5.91 Å². The third kappa shape index (κ3) is 6.07. The summed E-state index contributed by atoms with van der Waals surface area (Å²) in [7, 11) is -3.69. The van der Waals surface area contributed by atoms with Gasteiger partial charge < -0.3 is 4.74 Å². The molecule has 0 aliphatic carbocycles. The number of ether oxygens (including phenoxy) is 1. The average molecular weight is 591 g/mol. The minimum Gasteiger partial charge on any atom is -0.379 e. The highest BCUT2D eigenvalue weighted by atomic mass is 32.2. The molecule has 1 amide bonds. The van der Waals surface area contributed by atoms with Crippen molar-refractivity contribution < 1.29 is 17.9 Å². The fourth-order valence-electron chi connectivity index (χ4n) is 5.45. The summed E-state index contributed by atoms with van der Waals surface area (Å²) in [6, 6.07) is 20.4. The van der Waals surface area contributed by atoms with Crippen LogP contribution in [0.4, 0.5) is 5.13 Å². The summed E-state index contributed by atoms with van der Waals surface area (Å²) in [5.41, 5.74) is 4.68. The van der Waals surface area contributed by atoms with Crippen molar-refractivity contribution in [3.05, 3.63) is 89.0 Å². The number of benzene rings is 3. The van der Waals surface area contributed by atoms with Crippen molar-refractivity contribution in [3.8, 4) is 0 Å². The van der Waals surface area contributed by atoms with E-state index < -0.39 is 10.0 Å². The van der Waals surface area contributed by atoms with E-state index in [9.17, 15) is 13.2 Å². The molecular weight excluding hydrogens is 556 g/mol. The van der Waals surface area contributed by atoms with Crippen molar-refractivity contribution in [2.75, 3.05) is 50.8 Å². The third-order valence-electron chi connectivity index (χ3n) is 7.80. The lowest BCUT2D eigenvalue weighted by Crippen LogP contribution is -2.39. The van der Waals surface area contributed by atoms with Gasteiger partial charge in [0, 0.05) is 44.8 Å². The Balaban J connectivity index is 1.22. The molecule has 2 aliphatic heterocycles. The second kappa shape index (κ2) is 12.0. The first-order valence-corrected chi connectivity index (χ1v) is 16.3. The maximum atomic E-state index is 13.9. The molecule has 2 aliphatic rings. The molecule has 0 N–H and O–H groups in total. The molecule has 0 radical (unpaired) electrons. The molecule has 41 heavy (non-hydrogen) atoms. The molecule has 3 heterocycles. The van der Waals surface area contributed by atoms with Gasteiger partial charge in [0.2, 0.25) is 10.0 Å². The van der Waals surface area contributed by atoms with Gasteiger partial charge in [0.05, 0.1) is 28.3 Å². The van der Waals surface area contributed by atoms with Crippen LogP contribution in [0.3, 0.4) is 0 Å². The van der Waals surface area contributed by atoms with Crippen LogP contribution in [-0.4, -0.2) is 74.5 Å². The molecule has 10 heteroatoms. The highest BCUT2D eigenvalue weighted by Gasteiger charge is 2.29. The number of carbonyl (C=O) groups is 1. The number of sulfonamides is 1. The predicted molar refractivity (Wildman–Crippen MR) is 162 cm³/mol. The second-order valence-electron chi connectivity index (χ2n) is 10.6. The van der Waals surface area contributed by atoms with Gasteiger partial charge in [0.1, 0.15) is 0 Å². The number of hydrogen-bond acceptors (Lipinski definition) is 7. The molecule has 1 saturated heterocycles. The lowest BCUT2D eigenvalue weighted by molar-refractivity contribution is 0.0376. The van der Waals surface area contributed by atoms with E-state index in [0.717, 1.165) is 60.6 Å². The fraction of sp³-hybridized carbons (Fsp3) is 0.355. The van der Waals surface area contributed by atoms with Gasteiger partial charge in [-0.3, -0.25) is 14.6 Å². The molecule has 0 unspecified atom stereocenters. The Morgan fingerprint density at radius 1 is 1.00 bits per heavy atom. The number of rotatable bonds is 8. The standard InChI is InChI=1S/C31H34N4O4S2/c1-23-7-12-28-29(21-23)40-31(32-28)35(15-4-14-33-17-19-39-20-18-33)30(36)25-8-10-27(11-9-25)41(37,38)34-16-13-24-5-2-3-6-26(24)22-34/h2-3,5-12,21H,4,13-20,22H2,1H3. The summed E-state index contributed by atoms with van der Waals surface area (Å²) in [4.78, 5) is 23.0. The van der Waals surface area contributed by atoms with E-state index in [4.69, 9.17) is 9.72 Å². The largest absolute Gasteiger partial charge is 0.379 e. The molecule has 0 spiro atoms. The van der Waals surface area contributed by atoms with Crippen LogP contribution in [0.5, 0.6) is 0 Å². The zero-order chi connectivity index (χ0) is 28.4. The van der Waals surface area contributed by atoms with Gasteiger partial charge in [-0.2, -0.15) is 4.31 Å². The number of fused-ring (bicyclic) bond motifs is 2. The monoisotopic (exact) mass is 590 g/mol. The lowest BCUT2D eigenvalue weighted by atomic mass is 10.0. The molecule has 214 valence electrons. The van der Waals surface area contributed by atoms with Crippen molar-refractivity contribution in [1.82, 2.24) is 14.2 Å². The molecule has 1 aromatic heterocycles. The Hall–Kier alpha value is -3.15. The van der Waals surface area contributed by atoms with E-state index >= 15 is 0 Å². The lowest BCUT2D eigenvalue weighted by Gasteiger charge is -2.28. The zero-order valence-electron chi connectivity index (χ0n) is 23.2. The quantitative estimate of drug-likeness (QED) is 0.295. The Morgan fingerprint density at radius 3 is 2.54 bits per heavy atom. The number of thiazole rings is 1. The number of amides is 1. The normalized spacial score (nSPS) is 16.5. The van der Waals surface area contributed by atoms with Crippen LogP contribution < -0.4 is 4.90 Å². The number of hydrogen-bond donors (Lipinski definition) is 0. The van der Waals surface area contributed by atoms with Crippen LogP contribution in [0.15, 0.2) is 71.6 Å². The topological polar surface area (TPSA) is 83.0 Å². The van der Waals surface area contributed by atoms with Gasteiger partial charge in [-0.15, -0.1) is 0 Å². The van der Waals surface area contributed by atoms with Crippen molar-refractivity contribution in [2.24, 2.45) is 0 Å². The van der Waals surface area contributed by atoms with Crippen LogP contribution in [-0.2, 0) is 27.7 Å². The van der Waals surface area contributed by atoms with E-state index in [-0.39, 0.29) is 10.8 Å². The summed E-state index contributed by atoms with van der Waals surface area (Å²) in [6.45, 7) is 7.48. The van der Waals surface area contributed by atoms with E-state index in [2.05, 4.69) is 17.0 Å². The highest BCUT2D eigenvalue weighted by molar-refractivity contribution is 7.89. The van der Waals surface area contributed by atoms with Crippen LogP contribution in [0.2, 0.25) is 0 Å². The van der Waals surface area contributed by atoms with Crippen molar-refractivity contribution in [3.63, 3.8) is 0 Å². The minimum atomic E-state index is -3.69. The number of morpholine rings is 1. The molecule has 1 fully saturated rings. The Kier molecular flexibility index (Phi) is 8.19. The Bertz CT molecular complexity index is 1650. The maximum Gasteiger partial charge on any atom is 0.260 e. The van der Waals surface area contributed by atoms with Crippen molar-refractivity contribution in [1.29, 1.82) is 0 Å². The Labute approximate surface area is 245 Å². The molecule has 4 aromatic rings. The van der Waals surface area contributed by atoms with E-state index in [1.165, 1.54) is 21.2 Å². The van der Waals surface area contributed by atoms with Crippen molar-refractivity contribution in [2.45, 2.75) is 31.2 Å². The van der Waals surface area contributed by atoms with Gasteiger partial charge in [-0.1, -0.05) is 41.7 Å². The zero-order valence-corrected chi connectivity index (χ0v) is 24.8. The molecular formula is C31H34N4O4S2. The molecule has 0 atom stereocenters. The molecule has 8 nitrogen and oxygen atoms in total. The summed E-state index contributed by atoms with van der Waals surface area (Å²) in [5, 5.41) is 0.654. The number of anilines is 1. The van der Waals surface area contributed by atoms with E-state index in [0.29, 0.717) is 36.8 Å². The highest BCUT2D eigenvalue weighted by Crippen LogP contribution is 2.31. The minimum absolute atomic E-state index is 0.182. The maximum absolute atomic E-state index is 13.9. The van der Waals surface area contributed by atoms with Crippen LogP contribution in [0, 0.1) is 6.92 Å². The first-order valence-electron chi connectivity index (χ1n) is 14.0. The first-order chi connectivity index (χ1) is 19.9. The van der Waals surface area contributed by atoms with Crippen LogP contribution >= 0.6 is 11.3 Å². The van der Waals surface area contributed by atoms with Gasteiger partial charge in [-0.25, -0.2) is 13.4 Å². The second-order valence-corrected chi connectivity index (χ2v) is 13.6.